The summed E-state index contributed by atoms with van der Waals surface area (Å²) >= 11 is 1.44. The summed E-state index contributed by atoms with van der Waals surface area (Å²) in [5.41, 5.74) is 1.53. The van der Waals surface area contributed by atoms with Gasteiger partial charge in [0, 0.05) is 18.1 Å². The molecule has 0 aliphatic carbocycles. The van der Waals surface area contributed by atoms with Crippen molar-refractivity contribution in [3.8, 4) is 10.6 Å². The van der Waals surface area contributed by atoms with E-state index in [4.69, 9.17) is 4.74 Å². The third-order valence-electron chi connectivity index (χ3n) is 4.07. The average molecular weight is 401 g/mol. The molecule has 0 saturated carbocycles. The van der Waals surface area contributed by atoms with Crippen LogP contribution in [0.5, 0.6) is 0 Å². The molecule has 7 heteroatoms. The molecule has 4 nitrogen and oxygen atoms in total. The highest BCUT2D eigenvalue weighted by Gasteiger charge is 2.16. The number of benzene rings is 2. The van der Waals surface area contributed by atoms with Gasteiger partial charge in [0.15, 0.2) is 5.78 Å². The van der Waals surface area contributed by atoms with Crippen LogP contribution in [0.25, 0.3) is 10.6 Å². The number of nitrogens with zero attached hydrogens (tertiary/aromatic N) is 1. The number of hydrogen-bond acceptors (Lipinski definition) is 5. The first-order chi connectivity index (χ1) is 13.4. The molecule has 0 aliphatic rings. The first-order valence-corrected chi connectivity index (χ1v) is 9.41. The number of hydrogen-bond donors (Lipinski definition) is 0. The van der Waals surface area contributed by atoms with Crippen molar-refractivity contribution in [1.29, 1.82) is 0 Å². The highest BCUT2D eigenvalue weighted by molar-refractivity contribution is 7.15. The lowest BCUT2D eigenvalue weighted by molar-refractivity contribution is -0.144. The molecule has 0 radical (unpaired) electrons. The fourth-order valence-corrected chi connectivity index (χ4v) is 3.53. The molecule has 0 spiro atoms. The highest BCUT2D eigenvalue weighted by Crippen LogP contribution is 2.28. The van der Waals surface area contributed by atoms with Crippen LogP contribution in [0.3, 0.4) is 0 Å². The Hall–Kier alpha value is -2.93. The number of carbonyl (C=O) groups excluding carboxylic acids is 2. The third kappa shape index (κ3) is 4.86. The van der Waals surface area contributed by atoms with Gasteiger partial charge in [-0.15, -0.1) is 11.3 Å². The van der Waals surface area contributed by atoms with E-state index in [-0.39, 0.29) is 25.0 Å². The van der Waals surface area contributed by atoms with E-state index >= 15 is 0 Å². The number of esters is 1. The number of thiazole rings is 1. The molecule has 28 heavy (non-hydrogen) atoms. The highest BCUT2D eigenvalue weighted by atomic mass is 32.1. The van der Waals surface area contributed by atoms with Gasteiger partial charge >= 0.3 is 5.97 Å². The molecule has 0 N–H and O–H groups in total. The lowest BCUT2D eigenvalue weighted by Gasteiger charge is -2.05. The maximum atomic E-state index is 13.6. The lowest BCUT2D eigenvalue weighted by Crippen LogP contribution is -2.09. The van der Waals surface area contributed by atoms with Gasteiger partial charge in [-0.3, -0.25) is 9.59 Å². The topological polar surface area (TPSA) is 56.3 Å². The minimum absolute atomic E-state index is 0.0638. The van der Waals surface area contributed by atoms with Crippen molar-refractivity contribution in [2.75, 3.05) is 0 Å². The van der Waals surface area contributed by atoms with Gasteiger partial charge in [0.05, 0.1) is 22.6 Å². The monoisotopic (exact) mass is 401 g/mol. The molecule has 0 fully saturated rings. The molecule has 3 aromatic rings. The van der Waals surface area contributed by atoms with Gasteiger partial charge in [0.1, 0.15) is 23.2 Å². The fourth-order valence-electron chi connectivity index (χ4n) is 2.55. The quantitative estimate of drug-likeness (QED) is 0.408. The van der Waals surface area contributed by atoms with Gasteiger partial charge in [-0.1, -0.05) is 30.3 Å². The predicted molar refractivity (Wildman–Crippen MR) is 102 cm³/mol. The van der Waals surface area contributed by atoms with Crippen molar-refractivity contribution in [3.63, 3.8) is 0 Å². The molecule has 0 atom stereocenters. The van der Waals surface area contributed by atoms with Crippen LogP contribution in [0.1, 0.15) is 33.8 Å². The van der Waals surface area contributed by atoms with E-state index in [1.54, 1.807) is 0 Å². The van der Waals surface area contributed by atoms with E-state index in [0.29, 0.717) is 6.07 Å². The normalized spacial score (nSPS) is 10.7. The first-order valence-electron chi connectivity index (χ1n) is 8.59. The molecular weight excluding hydrogens is 384 g/mol. The van der Waals surface area contributed by atoms with Crippen LogP contribution >= 0.6 is 11.3 Å². The largest absolute Gasteiger partial charge is 0.460 e. The Kier molecular flexibility index (Phi) is 6.26. The molecule has 0 saturated heterocycles. The van der Waals surface area contributed by atoms with Gasteiger partial charge in [-0.05, 0) is 19.1 Å². The van der Waals surface area contributed by atoms with Gasteiger partial charge in [0.2, 0.25) is 0 Å². The van der Waals surface area contributed by atoms with E-state index in [1.807, 2.05) is 37.3 Å². The van der Waals surface area contributed by atoms with Crippen molar-refractivity contribution in [1.82, 2.24) is 4.98 Å². The van der Waals surface area contributed by atoms with Crippen molar-refractivity contribution < 1.29 is 23.1 Å². The first kappa shape index (κ1) is 19.8. The molecular formula is C21H17F2NO3S. The smallest absolute Gasteiger partial charge is 0.306 e. The zero-order valence-electron chi connectivity index (χ0n) is 15.1. The number of ketones is 1. The Morgan fingerprint density at radius 2 is 1.82 bits per heavy atom. The number of halogens is 2. The Balaban J connectivity index is 1.53. The van der Waals surface area contributed by atoms with E-state index in [1.165, 1.54) is 11.3 Å². The summed E-state index contributed by atoms with van der Waals surface area (Å²) in [5.74, 6) is -2.84. The zero-order valence-corrected chi connectivity index (χ0v) is 15.9. The maximum Gasteiger partial charge on any atom is 0.306 e. The van der Waals surface area contributed by atoms with Crippen molar-refractivity contribution >= 4 is 23.1 Å². The van der Waals surface area contributed by atoms with Crippen LogP contribution in [0.4, 0.5) is 8.78 Å². The number of aryl methyl sites for hydroxylation is 1. The standard InChI is InChI=1S/C21H17F2NO3S/c1-13-19(28-21(24-13)14-5-3-2-4-6-14)12-27-20(26)10-9-18(25)16-8-7-15(22)11-17(16)23/h2-8,11H,9-10,12H2,1H3. The van der Waals surface area contributed by atoms with E-state index in [0.717, 1.165) is 33.3 Å². The van der Waals surface area contributed by atoms with Crippen LogP contribution in [0.2, 0.25) is 0 Å². The Morgan fingerprint density at radius 3 is 2.54 bits per heavy atom. The number of ether oxygens (including phenoxy) is 1. The molecule has 144 valence electrons. The zero-order chi connectivity index (χ0) is 20.1. The second-order valence-corrected chi connectivity index (χ2v) is 7.19. The summed E-state index contributed by atoms with van der Waals surface area (Å²) in [7, 11) is 0. The van der Waals surface area contributed by atoms with Crippen LogP contribution in [0.15, 0.2) is 48.5 Å². The van der Waals surface area contributed by atoms with Gasteiger partial charge in [-0.2, -0.15) is 0 Å². The summed E-state index contributed by atoms with van der Waals surface area (Å²) < 4.78 is 31.7. The van der Waals surface area contributed by atoms with E-state index < -0.39 is 23.4 Å². The minimum atomic E-state index is -0.938. The van der Waals surface area contributed by atoms with Gasteiger partial charge in [0.25, 0.3) is 0 Å². The number of aromatic nitrogens is 1. The molecule has 2 aromatic carbocycles. The number of carbonyl (C=O) groups is 2. The van der Waals surface area contributed by atoms with Crippen LogP contribution in [-0.2, 0) is 16.1 Å². The molecule has 1 aromatic heterocycles. The SMILES string of the molecule is Cc1nc(-c2ccccc2)sc1COC(=O)CCC(=O)c1ccc(F)cc1F. The number of Topliss-reactive ketones (excluding diaryl/α,β-unsaturated/α-hetero) is 1. The van der Waals surface area contributed by atoms with Crippen LogP contribution in [-0.4, -0.2) is 16.7 Å². The minimum Gasteiger partial charge on any atom is -0.460 e. The van der Waals surface area contributed by atoms with Crippen LogP contribution in [0, 0.1) is 18.6 Å². The van der Waals surface area contributed by atoms with E-state index in [9.17, 15) is 18.4 Å². The Morgan fingerprint density at radius 1 is 1.07 bits per heavy atom. The molecule has 0 unspecified atom stereocenters. The average Bonchev–Trinajstić information content (AvgIpc) is 3.06. The summed E-state index contributed by atoms with van der Waals surface area (Å²) in [6.45, 7) is 1.90. The fraction of sp³-hybridized carbons (Fsp3) is 0.190. The van der Waals surface area contributed by atoms with E-state index in [2.05, 4.69) is 4.98 Å². The second-order valence-electron chi connectivity index (χ2n) is 6.10. The molecule has 0 aliphatic heterocycles. The number of rotatable bonds is 7. The summed E-state index contributed by atoms with van der Waals surface area (Å²) in [6, 6.07) is 12.4. The molecule has 0 bridgehead atoms. The molecule has 1 heterocycles. The summed E-state index contributed by atoms with van der Waals surface area (Å²) in [6.07, 6.45) is -0.392. The third-order valence-corrected chi connectivity index (χ3v) is 5.25. The summed E-state index contributed by atoms with van der Waals surface area (Å²) in [4.78, 5) is 29.2. The molecule has 3 rings (SSSR count). The predicted octanol–water partition coefficient (Wildman–Crippen LogP) is 5.10. The Bertz CT molecular complexity index is 1000. The lowest BCUT2D eigenvalue weighted by atomic mass is 10.1. The Labute approximate surface area is 164 Å². The van der Waals surface area contributed by atoms with Crippen LogP contribution < -0.4 is 0 Å². The summed E-state index contributed by atoms with van der Waals surface area (Å²) in [5, 5.41) is 0.839. The van der Waals surface area contributed by atoms with Crippen molar-refractivity contribution in [2.45, 2.75) is 26.4 Å². The maximum absolute atomic E-state index is 13.6. The van der Waals surface area contributed by atoms with Gasteiger partial charge in [-0.25, -0.2) is 13.8 Å². The van der Waals surface area contributed by atoms with Crippen molar-refractivity contribution in [3.05, 3.63) is 76.3 Å². The second kappa shape index (κ2) is 8.84. The van der Waals surface area contributed by atoms with Gasteiger partial charge < -0.3 is 4.74 Å². The van der Waals surface area contributed by atoms with Crippen molar-refractivity contribution in [2.24, 2.45) is 0 Å². The molecule has 0 amide bonds.